The second kappa shape index (κ2) is 5.42. The van der Waals surface area contributed by atoms with Gasteiger partial charge in [0.2, 0.25) is 0 Å². The highest BCUT2D eigenvalue weighted by Crippen LogP contribution is 2.33. The van der Waals surface area contributed by atoms with Crippen molar-refractivity contribution in [3.05, 3.63) is 0 Å². The average Bonchev–Trinajstić information content (AvgIpc) is 2.68. The van der Waals surface area contributed by atoms with Crippen molar-refractivity contribution in [2.45, 2.75) is 31.5 Å². The number of hydrogen-bond donors (Lipinski definition) is 1. The molecule has 1 N–H and O–H groups in total. The molecule has 116 valence electrons. The van der Waals surface area contributed by atoms with Gasteiger partial charge in [-0.25, -0.2) is 13.2 Å². The van der Waals surface area contributed by atoms with Crippen LogP contribution in [0.3, 0.4) is 0 Å². The topological polar surface area (TPSA) is 66.5 Å². The quantitative estimate of drug-likeness (QED) is 0.790. The fraction of sp³-hybridized carbons (Fsp3) is 0.909. The third kappa shape index (κ3) is 3.77. The maximum atomic E-state index is 12.6. The van der Waals surface area contributed by atoms with Gasteiger partial charge in [-0.2, -0.15) is 13.2 Å². The van der Waals surface area contributed by atoms with Crippen molar-refractivity contribution in [3.8, 4) is 0 Å². The van der Waals surface area contributed by atoms with E-state index in [4.69, 9.17) is 0 Å². The van der Waals surface area contributed by atoms with Crippen molar-refractivity contribution < 1.29 is 26.4 Å². The van der Waals surface area contributed by atoms with Crippen LogP contribution in [0.1, 0.15) is 19.3 Å². The molecule has 0 bridgehead atoms. The van der Waals surface area contributed by atoms with Crippen LogP contribution >= 0.6 is 0 Å². The summed E-state index contributed by atoms with van der Waals surface area (Å²) in [6, 6.07) is -1.08. The standard InChI is InChI=1S/C11H17F3N2O3S/c12-11(13,14)8-2-1-4-16(6-8)10(17)15-9-3-5-20(18,19)7-9/h8-9H,1-7H2,(H,15,17). The number of carbonyl (C=O) groups excluding carboxylic acids is 1. The number of sulfone groups is 1. The summed E-state index contributed by atoms with van der Waals surface area (Å²) in [5.74, 6) is -1.60. The molecule has 5 nitrogen and oxygen atoms in total. The molecule has 2 heterocycles. The summed E-state index contributed by atoms with van der Waals surface area (Å²) in [7, 11) is -3.12. The summed E-state index contributed by atoms with van der Waals surface area (Å²) in [5.41, 5.74) is 0. The average molecular weight is 314 g/mol. The number of nitrogens with one attached hydrogen (secondary N) is 1. The number of carbonyl (C=O) groups is 1. The highest BCUT2D eigenvalue weighted by atomic mass is 32.2. The molecule has 0 saturated carbocycles. The Hall–Kier alpha value is -0.990. The van der Waals surface area contributed by atoms with Gasteiger partial charge in [-0.1, -0.05) is 0 Å². The molecule has 2 fully saturated rings. The van der Waals surface area contributed by atoms with Gasteiger partial charge in [-0.15, -0.1) is 0 Å². The molecule has 0 aromatic heterocycles. The zero-order valence-corrected chi connectivity index (χ0v) is 11.6. The molecule has 2 atom stereocenters. The van der Waals surface area contributed by atoms with Crippen molar-refractivity contribution in [2.24, 2.45) is 5.92 Å². The summed E-state index contributed by atoms with van der Waals surface area (Å²) in [4.78, 5) is 13.0. The van der Waals surface area contributed by atoms with Gasteiger partial charge in [0, 0.05) is 19.1 Å². The summed E-state index contributed by atoms with van der Waals surface area (Å²) in [6.07, 6.45) is -3.63. The fourth-order valence-corrected chi connectivity index (χ4v) is 4.28. The first kappa shape index (κ1) is 15.4. The Balaban J connectivity index is 1.90. The van der Waals surface area contributed by atoms with Gasteiger partial charge in [0.05, 0.1) is 17.4 Å². The van der Waals surface area contributed by atoms with Crippen LogP contribution in [0.15, 0.2) is 0 Å². The number of rotatable bonds is 1. The van der Waals surface area contributed by atoms with Gasteiger partial charge in [0.25, 0.3) is 0 Å². The second-order valence-electron chi connectivity index (χ2n) is 5.38. The normalized spacial score (nSPS) is 30.2. The van der Waals surface area contributed by atoms with Crippen LogP contribution in [-0.2, 0) is 9.84 Å². The van der Waals surface area contributed by atoms with E-state index in [9.17, 15) is 26.4 Å². The molecule has 0 spiro atoms. The monoisotopic (exact) mass is 314 g/mol. The van der Waals surface area contributed by atoms with Gasteiger partial charge in [0.1, 0.15) is 0 Å². The third-order valence-corrected chi connectivity index (χ3v) is 5.50. The Morgan fingerprint density at radius 3 is 2.50 bits per heavy atom. The molecule has 2 saturated heterocycles. The molecular formula is C11H17F3N2O3S. The van der Waals surface area contributed by atoms with E-state index < -0.39 is 34.0 Å². The molecule has 0 aliphatic carbocycles. The van der Waals surface area contributed by atoms with Gasteiger partial charge in [-0.3, -0.25) is 0 Å². The van der Waals surface area contributed by atoms with Crippen LogP contribution in [0, 0.1) is 5.92 Å². The minimum absolute atomic E-state index is 0.0170. The van der Waals surface area contributed by atoms with Crippen LogP contribution in [0.25, 0.3) is 0 Å². The number of nitrogens with zero attached hydrogens (tertiary/aromatic N) is 1. The number of likely N-dealkylation sites (tertiary alicyclic amines) is 1. The minimum Gasteiger partial charge on any atom is -0.334 e. The molecule has 0 aromatic carbocycles. The molecule has 0 radical (unpaired) electrons. The summed E-state index contributed by atoms with van der Waals surface area (Å²) >= 11 is 0. The van der Waals surface area contributed by atoms with E-state index in [1.54, 1.807) is 0 Å². The lowest BCUT2D eigenvalue weighted by molar-refractivity contribution is -0.184. The number of piperidine rings is 1. The van der Waals surface area contributed by atoms with Crippen molar-refractivity contribution in [1.82, 2.24) is 10.2 Å². The molecule has 2 amide bonds. The van der Waals surface area contributed by atoms with Gasteiger partial charge in [0.15, 0.2) is 9.84 Å². The highest BCUT2D eigenvalue weighted by Gasteiger charge is 2.43. The summed E-state index contributed by atoms with van der Waals surface area (Å²) in [5, 5.41) is 2.52. The highest BCUT2D eigenvalue weighted by molar-refractivity contribution is 7.91. The molecule has 2 aliphatic rings. The summed E-state index contributed by atoms with van der Waals surface area (Å²) < 4.78 is 60.5. The lowest BCUT2D eigenvalue weighted by atomic mass is 9.98. The maximum Gasteiger partial charge on any atom is 0.393 e. The second-order valence-corrected chi connectivity index (χ2v) is 7.60. The van der Waals surface area contributed by atoms with Gasteiger partial charge in [-0.05, 0) is 19.3 Å². The molecule has 0 aromatic rings. The molecule has 2 unspecified atom stereocenters. The Morgan fingerprint density at radius 1 is 1.25 bits per heavy atom. The third-order valence-electron chi connectivity index (χ3n) is 3.73. The van der Waals surface area contributed by atoms with E-state index in [1.165, 1.54) is 0 Å². The Kier molecular flexibility index (Phi) is 4.17. The zero-order valence-electron chi connectivity index (χ0n) is 10.8. The van der Waals surface area contributed by atoms with Crippen molar-refractivity contribution in [3.63, 3.8) is 0 Å². The van der Waals surface area contributed by atoms with E-state index in [2.05, 4.69) is 5.32 Å². The van der Waals surface area contributed by atoms with Crippen LogP contribution in [0.5, 0.6) is 0 Å². The van der Waals surface area contributed by atoms with Crippen LogP contribution in [-0.4, -0.2) is 56.2 Å². The Bertz CT molecular complexity index is 478. The Labute approximate surface area is 115 Å². The van der Waals surface area contributed by atoms with E-state index in [0.29, 0.717) is 12.8 Å². The first-order valence-corrected chi connectivity index (χ1v) is 8.32. The van der Waals surface area contributed by atoms with Crippen LogP contribution in [0.4, 0.5) is 18.0 Å². The first-order valence-electron chi connectivity index (χ1n) is 6.50. The number of urea groups is 1. The minimum atomic E-state index is -4.30. The molecule has 2 aliphatic heterocycles. The van der Waals surface area contributed by atoms with Crippen molar-refractivity contribution in [2.75, 3.05) is 24.6 Å². The zero-order chi connectivity index (χ0) is 15.0. The van der Waals surface area contributed by atoms with Gasteiger partial charge < -0.3 is 10.2 Å². The number of alkyl halides is 3. The first-order chi connectivity index (χ1) is 9.17. The number of hydrogen-bond acceptors (Lipinski definition) is 3. The Morgan fingerprint density at radius 2 is 1.95 bits per heavy atom. The summed E-state index contributed by atoms with van der Waals surface area (Å²) in [6.45, 7) is -0.0767. The molecule has 20 heavy (non-hydrogen) atoms. The van der Waals surface area contributed by atoms with E-state index >= 15 is 0 Å². The smallest absolute Gasteiger partial charge is 0.334 e. The fourth-order valence-electron chi connectivity index (χ4n) is 2.60. The number of amides is 2. The van der Waals surface area contributed by atoms with Crippen LogP contribution < -0.4 is 5.32 Å². The van der Waals surface area contributed by atoms with Gasteiger partial charge >= 0.3 is 12.2 Å². The predicted molar refractivity (Wildman–Crippen MR) is 65.9 cm³/mol. The van der Waals surface area contributed by atoms with E-state index in [0.717, 1.165) is 4.90 Å². The molecular weight excluding hydrogens is 297 g/mol. The molecule has 9 heteroatoms. The SMILES string of the molecule is O=C(NC1CCS(=O)(=O)C1)N1CCCC(C(F)(F)F)C1. The predicted octanol–water partition coefficient (Wildman–Crippen LogP) is 1.16. The lowest BCUT2D eigenvalue weighted by Crippen LogP contribution is -2.51. The van der Waals surface area contributed by atoms with Crippen molar-refractivity contribution >= 4 is 15.9 Å². The number of halogens is 3. The van der Waals surface area contributed by atoms with E-state index in [-0.39, 0.29) is 31.0 Å². The molecule has 2 rings (SSSR count). The lowest BCUT2D eigenvalue weighted by Gasteiger charge is -2.34. The van der Waals surface area contributed by atoms with E-state index in [1.807, 2.05) is 0 Å². The van der Waals surface area contributed by atoms with Crippen LogP contribution in [0.2, 0.25) is 0 Å². The largest absolute Gasteiger partial charge is 0.393 e. The van der Waals surface area contributed by atoms with Crippen molar-refractivity contribution in [1.29, 1.82) is 0 Å². The maximum absolute atomic E-state index is 12.6.